The van der Waals surface area contributed by atoms with Crippen molar-refractivity contribution in [3.63, 3.8) is 0 Å². The van der Waals surface area contributed by atoms with Gasteiger partial charge in [0.25, 0.3) is 17.1 Å². The lowest BCUT2D eigenvalue weighted by Gasteiger charge is -2.15. The van der Waals surface area contributed by atoms with Crippen molar-refractivity contribution in [3.05, 3.63) is 51.9 Å². The van der Waals surface area contributed by atoms with Crippen molar-refractivity contribution in [2.45, 2.75) is 0 Å². The van der Waals surface area contributed by atoms with Crippen LogP contribution in [0.2, 0.25) is 5.02 Å². The van der Waals surface area contributed by atoms with Crippen LogP contribution in [0.25, 0.3) is 6.08 Å². The third-order valence-electron chi connectivity index (χ3n) is 3.88. The summed E-state index contributed by atoms with van der Waals surface area (Å²) in [7, 11) is 2.87. The Hall–Kier alpha value is -3.17. The standard InChI is InChI=1S/C20H17ClN2O6S/c1-27-14-6-11(8-16-19(25)23-20(26)30-16)7-15(28-2)18(14)29-10-17(24)22-13-5-3-4-12(21)9-13/h3-9H,10H2,1-2H3,(H,22,24)(H,23,25,26)/b16-8-. The predicted molar refractivity (Wildman–Crippen MR) is 114 cm³/mol. The number of rotatable bonds is 7. The van der Waals surface area contributed by atoms with E-state index in [1.807, 2.05) is 0 Å². The molecule has 3 amide bonds. The SMILES string of the molecule is COc1cc(/C=C2\SC(=O)NC2=O)cc(OC)c1OCC(=O)Nc1cccc(Cl)c1. The Morgan fingerprint density at radius 3 is 2.43 bits per heavy atom. The van der Waals surface area contributed by atoms with Crippen molar-refractivity contribution in [3.8, 4) is 17.2 Å². The molecule has 0 saturated carbocycles. The van der Waals surface area contributed by atoms with E-state index in [0.29, 0.717) is 27.8 Å². The van der Waals surface area contributed by atoms with E-state index in [2.05, 4.69) is 10.6 Å². The zero-order chi connectivity index (χ0) is 21.7. The highest BCUT2D eigenvalue weighted by molar-refractivity contribution is 8.18. The van der Waals surface area contributed by atoms with E-state index in [1.54, 1.807) is 36.4 Å². The Kier molecular flexibility index (Phi) is 6.86. The number of benzene rings is 2. The van der Waals surface area contributed by atoms with Crippen LogP contribution in [0.1, 0.15) is 5.56 Å². The molecule has 1 fully saturated rings. The van der Waals surface area contributed by atoms with Crippen LogP contribution in [-0.4, -0.2) is 37.9 Å². The number of methoxy groups -OCH3 is 2. The second-order valence-corrected chi connectivity index (χ2v) is 7.41. The van der Waals surface area contributed by atoms with E-state index in [1.165, 1.54) is 20.3 Å². The van der Waals surface area contributed by atoms with E-state index in [9.17, 15) is 14.4 Å². The summed E-state index contributed by atoms with van der Waals surface area (Å²) >= 11 is 6.71. The first-order valence-electron chi connectivity index (χ1n) is 8.58. The number of ether oxygens (including phenoxy) is 3. The molecule has 3 rings (SSSR count). The molecule has 0 radical (unpaired) electrons. The molecule has 10 heteroatoms. The fraction of sp³-hybridized carbons (Fsp3) is 0.150. The maximum atomic E-state index is 12.2. The number of anilines is 1. The van der Waals surface area contributed by atoms with Crippen LogP contribution >= 0.6 is 23.4 Å². The van der Waals surface area contributed by atoms with Crippen molar-refractivity contribution in [1.82, 2.24) is 5.32 Å². The highest BCUT2D eigenvalue weighted by atomic mass is 35.5. The lowest BCUT2D eigenvalue weighted by molar-refractivity contribution is -0.118. The molecule has 0 aromatic heterocycles. The van der Waals surface area contributed by atoms with Gasteiger partial charge in [0.2, 0.25) is 5.75 Å². The minimum atomic E-state index is -0.471. The van der Waals surface area contributed by atoms with Gasteiger partial charge in [0.1, 0.15) is 0 Å². The Bertz CT molecular complexity index is 1010. The molecule has 1 aliphatic heterocycles. The van der Waals surface area contributed by atoms with Crippen molar-refractivity contribution < 1.29 is 28.6 Å². The van der Waals surface area contributed by atoms with Gasteiger partial charge in [0.15, 0.2) is 18.1 Å². The van der Waals surface area contributed by atoms with Crippen molar-refractivity contribution in [2.75, 3.05) is 26.1 Å². The van der Waals surface area contributed by atoms with Gasteiger partial charge in [-0.3, -0.25) is 19.7 Å². The highest BCUT2D eigenvalue weighted by Gasteiger charge is 2.25. The second kappa shape index (κ2) is 9.55. The van der Waals surface area contributed by atoms with Crippen LogP contribution in [-0.2, 0) is 9.59 Å². The molecule has 1 aliphatic rings. The Labute approximate surface area is 181 Å². The molecular weight excluding hydrogens is 432 g/mol. The van der Waals surface area contributed by atoms with Crippen LogP contribution < -0.4 is 24.8 Å². The zero-order valence-electron chi connectivity index (χ0n) is 16.0. The first kappa shape index (κ1) is 21.5. The average molecular weight is 449 g/mol. The van der Waals surface area contributed by atoms with Gasteiger partial charge in [-0.05, 0) is 53.7 Å². The number of carbonyl (C=O) groups excluding carboxylic acids is 3. The van der Waals surface area contributed by atoms with E-state index in [0.717, 1.165) is 11.8 Å². The van der Waals surface area contributed by atoms with Gasteiger partial charge in [0, 0.05) is 10.7 Å². The number of thioether (sulfide) groups is 1. The molecule has 0 unspecified atom stereocenters. The first-order valence-corrected chi connectivity index (χ1v) is 9.78. The number of halogens is 1. The summed E-state index contributed by atoms with van der Waals surface area (Å²) in [6.45, 7) is -0.299. The van der Waals surface area contributed by atoms with Gasteiger partial charge >= 0.3 is 0 Å². The van der Waals surface area contributed by atoms with Crippen molar-refractivity contribution in [2.24, 2.45) is 0 Å². The minimum Gasteiger partial charge on any atom is -0.493 e. The fourth-order valence-electron chi connectivity index (χ4n) is 2.60. The molecule has 0 aliphatic carbocycles. The number of nitrogens with one attached hydrogen (secondary N) is 2. The molecule has 2 N–H and O–H groups in total. The van der Waals surface area contributed by atoms with Crippen LogP contribution in [0.15, 0.2) is 41.3 Å². The molecule has 0 atom stereocenters. The maximum absolute atomic E-state index is 12.2. The Morgan fingerprint density at radius 1 is 1.17 bits per heavy atom. The molecule has 30 heavy (non-hydrogen) atoms. The van der Waals surface area contributed by atoms with Gasteiger partial charge in [-0.2, -0.15) is 0 Å². The third kappa shape index (κ3) is 5.25. The van der Waals surface area contributed by atoms with Gasteiger partial charge in [-0.15, -0.1) is 0 Å². The lowest BCUT2D eigenvalue weighted by atomic mass is 10.1. The minimum absolute atomic E-state index is 0.225. The normalized spacial score (nSPS) is 14.4. The van der Waals surface area contributed by atoms with Crippen LogP contribution in [0.5, 0.6) is 17.2 Å². The zero-order valence-corrected chi connectivity index (χ0v) is 17.6. The highest BCUT2D eigenvalue weighted by Crippen LogP contribution is 2.40. The summed E-state index contributed by atoms with van der Waals surface area (Å²) in [6.07, 6.45) is 1.53. The summed E-state index contributed by atoms with van der Waals surface area (Å²) < 4.78 is 16.3. The second-order valence-electron chi connectivity index (χ2n) is 5.95. The Morgan fingerprint density at radius 2 is 1.87 bits per heavy atom. The van der Waals surface area contributed by atoms with Gasteiger partial charge in [-0.1, -0.05) is 17.7 Å². The van der Waals surface area contributed by atoms with E-state index < -0.39 is 17.1 Å². The molecular formula is C20H17ClN2O6S. The van der Waals surface area contributed by atoms with Gasteiger partial charge < -0.3 is 19.5 Å². The molecule has 0 bridgehead atoms. The summed E-state index contributed by atoms with van der Waals surface area (Å²) in [5.41, 5.74) is 1.10. The average Bonchev–Trinajstić information content (AvgIpc) is 3.02. The van der Waals surface area contributed by atoms with Crippen LogP contribution in [0.3, 0.4) is 0 Å². The number of imide groups is 1. The molecule has 2 aromatic rings. The van der Waals surface area contributed by atoms with Crippen LogP contribution in [0.4, 0.5) is 10.5 Å². The number of carbonyl (C=O) groups is 3. The predicted octanol–water partition coefficient (Wildman–Crippen LogP) is 3.70. The largest absolute Gasteiger partial charge is 0.493 e. The van der Waals surface area contributed by atoms with Crippen molar-refractivity contribution in [1.29, 1.82) is 0 Å². The molecule has 8 nitrogen and oxygen atoms in total. The smallest absolute Gasteiger partial charge is 0.290 e. The monoisotopic (exact) mass is 448 g/mol. The van der Waals surface area contributed by atoms with E-state index in [4.69, 9.17) is 25.8 Å². The number of hydrogen-bond donors (Lipinski definition) is 2. The summed E-state index contributed by atoms with van der Waals surface area (Å²) in [6, 6.07) is 9.95. The fourth-order valence-corrected chi connectivity index (χ4v) is 3.47. The Balaban J connectivity index is 1.77. The van der Waals surface area contributed by atoms with Gasteiger partial charge in [0.05, 0.1) is 19.1 Å². The molecule has 1 heterocycles. The maximum Gasteiger partial charge on any atom is 0.290 e. The lowest BCUT2D eigenvalue weighted by Crippen LogP contribution is -2.20. The molecule has 2 aromatic carbocycles. The third-order valence-corrected chi connectivity index (χ3v) is 4.92. The van der Waals surface area contributed by atoms with Gasteiger partial charge in [-0.25, -0.2) is 0 Å². The topological polar surface area (TPSA) is 103 Å². The number of amides is 3. The van der Waals surface area contributed by atoms with E-state index >= 15 is 0 Å². The van der Waals surface area contributed by atoms with E-state index in [-0.39, 0.29) is 17.3 Å². The summed E-state index contributed by atoms with van der Waals surface area (Å²) in [5.74, 6) is -0.0491. The number of hydrogen-bond acceptors (Lipinski definition) is 7. The molecule has 0 spiro atoms. The van der Waals surface area contributed by atoms with Crippen molar-refractivity contribution >= 4 is 52.2 Å². The van der Waals surface area contributed by atoms with Crippen LogP contribution in [0, 0.1) is 0 Å². The summed E-state index contributed by atoms with van der Waals surface area (Å²) in [5, 5.41) is 4.93. The first-order chi connectivity index (χ1) is 14.4. The quantitative estimate of drug-likeness (QED) is 0.622. The summed E-state index contributed by atoms with van der Waals surface area (Å²) in [4.78, 5) is 35.5. The molecule has 1 saturated heterocycles. The molecule has 156 valence electrons.